The van der Waals surface area contributed by atoms with Crippen molar-refractivity contribution in [3.8, 4) is 11.3 Å². The molecule has 0 saturated carbocycles. The molecule has 0 aliphatic carbocycles. The molecule has 0 aromatic carbocycles. The molecular weight excluding hydrogens is 234 g/mol. The molecule has 1 amide bonds. The van der Waals surface area contributed by atoms with Crippen molar-refractivity contribution < 1.29 is 14.1 Å². The molecule has 0 atom stereocenters. The Hall–Kier alpha value is -2.22. The zero-order valence-corrected chi connectivity index (χ0v) is 8.56. The zero-order chi connectivity index (χ0) is 11.5. The lowest BCUT2D eigenvalue weighted by Crippen LogP contribution is -1.91. The number of nitrogens with one attached hydrogen (secondary N) is 1. The first-order valence-corrected chi connectivity index (χ1v) is 4.97. The molecule has 0 radical (unpaired) electrons. The highest BCUT2D eigenvalue weighted by molar-refractivity contribution is 7.14. The Morgan fingerprint density at radius 2 is 2.44 bits per heavy atom. The molecule has 2 aromatic rings. The van der Waals surface area contributed by atoms with Crippen LogP contribution in [0.2, 0.25) is 0 Å². The standard InChI is InChI=1S/C8H5N3O4S/c12-4-9-8-10-6(3-16-8)5-1-7(11(13)14)15-2-5/h1-4H,(H,9,10,12). The van der Waals surface area contributed by atoms with Crippen LogP contribution in [0, 0.1) is 10.1 Å². The van der Waals surface area contributed by atoms with Crippen LogP contribution in [0.4, 0.5) is 11.0 Å². The second-order valence-electron chi connectivity index (χ2n) is 2.73. The number of thiazole rings is 1. The van der Waals surface area contributed by atoms with E-state index in [0.29, 0.717) is 22.8 Å². The van der Waals surface area contributed by atoms with Gasteiger partial charge in [-0.15, -0.1) is 11.3 Å². The van der Waals surface area contributed by atoms with Crippen molar-refractivity contribution in [3.63, 3.8) is 0 Å². The van der Waals surface area contributed by atoms with Crippen molar-refractivity contribution in [1.82, 2.24) is 4.98 Å². The third kappa shape index (κ3) is 1.91. The average Bonchev–Trinajstić information content (AvgIpc) is 2.84. The van der Waals surface area contributed by atoms with Crippen LogP contribution in [0.3, 0.4) is 0 Å². The van der Waals surface area contributed by atoms with E-state index in [1.54, 1.807) is 5.38 Å². The van der Waals surface area contributed by atoms with Crippen molar-refractivity contribution in [3.05, 3.63) is 27.8 Å². The van der Waals surface area contributed by atoms with Gasteiger partial charge in [-0.25, -0.2) is 4.98 Å². The summed E-state index contributed by atoms with van der Waals surface area (Å²) in [5, 5.41) is 14.9. The Morgan fingerprint density at radius 1 is 1.62 bits per heavy atom. The highest BCUT2D eigenvalue weighted by Crippen LogP contribution is 2.28. The molecule has 7 nitrogen and oxygen atoms in total. The molecule has 2 heterocycles. The molecule has 2 aromatic heterocycles. The van der Waals surface area contributed by atoms with E-state index in [1.807, 2.05) is 0 Å². The van der Waals surface area contributed by atoms with Crippen molar-refractivity contribution in [2.75, 3.05) is 5.32 Å². The van der Waals surface area contributed by atoms with E-state index >= 15 is 0 Å². The summed E-state index contributed by atoms with van der Waals surface area (Å²) in [7, 11) is 0. The number of anilines is 1. The summed E-state index contributed by atoms with van der Waals surface area (Å²) >= 11 is 1.22. The fraction of sp³-hybridized carbons (Fsp3) is 0. The first-order valence-electron chi connectivity index (χ1n) is 4.09. The Labute approximate surface area is 92.9 Å². The van der Waals surface area contributed by atoms with Gasteiger partial charge in [-0.3, -0.25) is 14.9 Å². The molecule has 0 saturated heterocycles. The minimum absolute atomic E-state index is 0.340. The zero-order valence-electron chi connectivity index (χ0n) is 7.75. The third-order valence-corrected chi connectivity index (χ3v) is 2.52. The molecule has 0 unspecified atom stereocenters. The normalized spacial score (nSPS) is 10.0. The number of hydrogen-bond donors (Lipinski definition) is 1. The van der Waals surface area contributed by atoms with Crippen LogP contribution in [0.1, 0.15) is 0 Å². The van der Waals surface area contributed by atoms with Gasteiger partial charge in [0.25, 0.3) is 0 Å². The third-order valence-electron chi connectivity index (χ3n) is 1.75. The minimum Gasteiger partial charge on any atom is -0.409 e. The summed E-state index contributed by atoms with van der Waals surface area (Å²) in [6.45, 7) is 0. The van der Waals surface area contributed by atoms with Crippen LogP contribution >= 0.6 is 11.3 Å². The lowest BCUT2D eigenvalue weighted by molar-refractivity contribution is -0.402. The molecule has 1 N–H and O–H groups in total. The Morgan fingerprint density at radius 3 is 3.06 bits per heavy atom. The smallest absolute Gasteiger partial charge is 0.409 e. The minimum atomic E-state index is -0.625. The summed E-state index contributed by atoms with van der Waals surface area (Å²) in [6.07, 6.45) is 1.76. The molecule has 0 aliphatic heterocycles. The highest BCUT2D eigenvalue weighted by atomic mass is 32.1. The summed E-state index contributed by atoms with van der Waals surface area (Å²) in [4.78, 5) is 24.0. The van der Waals surface area contributed by atoms with Crippen LogP contribution in [0.15, 0.2) is 22.1 Å². The molecule has 0 fully saturated rings. The first-order chi connectivity index (χ1) is 7.70. The van der Waals surface area contributed by atoms with Gasteiger partial charge in [0.2, 0.25) is 6.41 Å². The number of furan rings is 1. The lowest BCUT2D eigenvalue weighted by Gasteiger charge is -1.87. The Bertz CT molecular complexity index is 533. The van der Waals surface area contributed by atoms with Gasteiger partial charge in [0.1, 0.15) is 11.2 Å². The maximum Gasteiger partial charge on any atom is 0.433 e. The van der Waals surface area contributed by atoms with E-state index < -0.39 is 4.92 Å². The molecule has 82 valence electrons. The fourth-order valence-electron chi connectivity index (χ4n) is 1.08. The SMILES string of the molecule is O=CNc1nc(-c2coc([N+](=O)[O-])c2)cs1. The van der Waals surface area contributed by atoms with Crippen LogP contribution < -0.4 is 5.32 Å². The fourth-order valence-corrected chi connectivity index (χ4v) is 1.76. The number of carbonyl (C=O) groups excluding carboxylic acids is 1. The van der Waals surface area contributed by atoms with E-state index in [-0.39, 0.29) is 5.88 Å². The van der Waals surface area contributed by atoms with Crippen molar-refractivity contribution in [2.45, 2.75) is 0 Å². The van der Waals surface area contributed by atoms with Gasteiger partial charge in [-0.05, 0) is 0 Å². The maximum atomic E-state index is 10.4. The van der Waals surface area contributed by atoms with Crippen LogP contribution in [-0.2, 0) is 4.79 Å². The van der Waals surface area contributed by atoms with Crippen LogP contribution in [-0.4, -0.2) is 16.3 Å². The second-order valence-corrected chi connectivity index (χ2v) is 3.59. The topological polar surface area (TPSA) is 98.3 Å². The monoisotopic (exact) mass is 239 g/mol. The highest BCUT2D eigenvalue weighted by Gasteiger charge is 2.14. The van der Waals surface area contributed by atoms with E-state index in [1.165, 1.54) is 23.7 Å². The average molecular weight is 239 g/mol. The van der Waals surface area contributed by atoms with Crippen molar-refractivity contribution in [1.29, 1.82) is 0 Å². The largest absolute Gasteiger partial charge is 0.433 e. The van der Waals surface area contributed by atoms with Gasteiger partial charge in [0, 0.05) is 10.9 Å². The first kappa shape index (κ1) is 10.3. The van der Waals surface area contributed by atoms with Gasteiger partial charge in [-0.2, -0.15) is 0 Å². The number of carbonyl (C=O) groups is 1. The Kier molecular flexibility index (Phi) is 2.64. The molecule has 0 bridgehead atoms. The number of rotatable bonds is 4. The van der Waals surface area contributed by atoms with Gasteiger partial charge in [-0.1, -0.05) is 0 Å². The summed E-state index contributed by atoms with van der Waals surface area (Å²) in [6, 6.07) is 1.28. The maximum absolute atomic E-state index is 10.4. The van der Waals surface area contributed by atoms with Crippen LogP contribution in [0.25, 0.3) is 11.3 Å². The summed E-state index contributed by atoms with van der Waals surface area (Å²) in [5.74, 6) is -0.340. The predicted molar refractivity (Wildman–Crippen MR) is 56.2 cm³/mol. The van der Waals surface area contributed by atoms with E-state index in [9.17, 15) is 14.9 Å². The van der Waals surface area contributed by atoms with E-state index in [0.717, 1.165) is 0 Å². The number of hydrogen-bond acceptors (Lipinski definition) is 6. The Balaban J connectivity index is 2.27. The second kappa shape index (κ2) is 4.11. The summed E-state index contributed by atoms with van der Waals surface area (Å²) < 4.78 is 4.73. The number of aromatic nitrogens is 1. The predicted octanol–water partition coefficient (Wildman–Crippen LogP) is 1.88. The van der Waals surface area contributed by atoms with Gasteiger partial charge in [0.05, 0.1) is 11.8 Å². The molecule has 8 heteroatoms. The summed E-state index contributed by atoms with van der Waals surface area (Å²) in [5.41, 5.74) is 1.02. The quantitative estimate of drug-likeness (QED) is 0.499. The van der Waals surface area contributed by atoms with E-state index in [2.05, 4.69) is 10.3 Å². The molecule has 0 spiro atoms. The molecule has 16 heavy (non-hydrogen) atoms. The van der Waals surface area contributed by atoms with Crippen LogP contribution in [0.5, 0.6) is 0 Å². The van der Waals surface area contributed by atoms with Gasteiger partial charge < -0.3 is 9.73 Å². The molecule has 0 aliphatic rings. The lowest BCUT2D eigenvalue weighted by atomic mass is 10.3. The van der Waals surface area contributed by atoms with E-state index in [4.69, 9.17) is 4.42 Å². The number of amides is 1. The molecular formula is C8H5N3O4S. The number of nitro groups is 1. The van der Waals surface area contributed by atoms with Crippen molar-refractivity contribution in [2.24, 2.45) is 0 Å². The molecule has 2 rings (SSSR count). The van der Waals surface area contributed by atoms with Gasteiger partial charge >= 0.3 is 5.88 Å². The number of nitrogens with zero attached hydrogens (tertiary/aromatic N) is 2. The van der Waals surface area contributed by atoms with Gasteiger partial charge in [0.15, 0.2) is 5.13 Å². The van der Waals surface area contributed by atoms with Crippen molar-refractivity contribution >= 4 is 28.8 Å².